The fourth-order valence-corrected chi connectivity index (χ4v) is 3.54. The van der Waals surface area contributed by atoms with Crippen molar-refractivity contribution in [1.82, 2.24) is 4.90 Å². The number of rotatable bonds is 5. The van der Waals surface area contributed by atoms with Crippen molar-refractivity contribution in [2.45, 2.75) is 6.54 Å². The second kappa shape index (κ2) is 6.95. The van der Waals surface area contributed by atoms with Gasteiger partial charge in [-0.2, -0.15) is 0 Å². The van der Waals surface area contributed by atoms with Gasteiger partial charge < -0.3 is 14.4 Å². The highest BCUT2D eigenvalue weighted by Gasteiger charge is 2.20. The van der Waals surface area contributed by atoms with E-state index in [1.807, 2.05) is 12.1 Å². The summed E-state index contributed by atoms with van der Waals surface area (Å²) < 4.78 is 11.6. The standard InChI is InChI=1S/C15H16BrNO3S/c1-17(9-10-7-8-13(16)21-10)15(18)11-5-4-6-12(19-2)14(11)20-3/h4-8H,9H2,1-3H3. The number of carbonyl (C=O) groups is 1. The monoisotopic (exact) mass is 369 g/mol. The maximum absolute atomic E-state index is 12.6. The first-order valence-electron chi connectivity index (χ1n) is 6.27. The molecule has 0 spiro atoms. The van der Waals surface area contributed by atoms with Crippen molar-refractivity contribution in [3.8, 4) is 11.5 Å². The minimum atomic E-state index is -0.102. The Kier molecular flexibility index (Phi) is 5.25. The van der Waals surface area contributed by atoms with E-state index in [0.717, 1.165) is 8.66 Å². The van der Waals surface area contributed by atoms with Crippen LogP contribution in [-0.2, 0) is 6.54 Å². The van der Waals surface area contributed by atoms with Crippen LogP contribution in [-0.4, -0.2) is 32.1 Å². The maximum atomic E-state index is 12.6. The van der Waals surface area contributed by atoms with Crippen LogP contribution in [0.25, 0.3) is 0 Å². The molecule has 2 aromatic rings. The van der Waals surface area contributed by atoms with E-state index in [1.54, 1.807) is 48.6 Å². The molecule has 0 saturated carbocycles. The summed E-state index contributed by atoms with van der Waals surface area (Å²) in [4.78, 5) is 15.4. The van der Waals surface area contributed by atoms with Gasteiger partial charge in [0, 0.05) is 11.9 Å². The predicted octanol–water partition coefficient (Wildman–Crippen LogP) is 3.80. The van der Waals surface area contributed by atoms with E-state index in [4.69, 9.17) is 9.47 Å². The number of hydrogen-bond acceptors (Lipinski definition) is 4. The lowest BCUT2D eigenvalue weighted by molar-refractivity contribution is 0.0782. The molecule has 0 N–H and O–H groups in total. The highest BCUT2D eigenvalue weighted by Crippen LogP contribution is 2.32. The van der Waals surface area contributed by atoms with E-state index in [0.29, 0.717) is 23.6 Å². The van der Waals surface area contributed by atoms with Crippen molar-refractivity contribution in [3.63, 3.8) is 0 Å². The van der Waals surface area contributed by atoms with Crippen molar-refractivity contribution in [3.05, 3.63) is 44.6 Å². The van der Waals surface area contributed by atoms with Gasteiger partial charge in [0.1, 0.15) is 0 Å². The molecule has 1 aromatic carbocycles. The first-order chi connectivity index (χ1) is 10.1. The van der Waals surface area contributed by atoms with Gasteiger partial charge in [-0.1, -0.05) is 6.07 Å². The number of methoxy groups -OCH3 is 2. The minimum absolute atomic E-state index is 0.102. The van der Waals surface area contributed by atoms with E-state index in [1.165, 1.54) is 7.11 Å². The normalized spacial score (nSPS) is 10.3. The summed E-state index contributed by atoms with van der Waals surface area (Å²) in [6.45, 7) is 0.551. The summed E-state index contributed by atoms with van der Waals surface area (Å²) in [5.41, 5.74) is 0.495. The second-order valence-corrected chi connectivity index (χ2v) is 6.96. The molecule has 0 aliphatic rings. The van der Waals surface area contributed by atoms with Gasteiger partial charge in [0.05, 0.1) is 30.1 Å². The number of halogens is 1. The highest BCUT2D eigenvalue weighted by atomic mass is 79.9. The van der Waals surface area contributed by atoms with Gasteiger partial charge in [0.15, 0.2) is 11.5 Å². The molecule has 0 radical (unpaired) electrons. The zero-order valence-corrected chi connectivity index (χ0v) is 14.5. The molecule has 1 heterocycles. The van der Waals surface area contributed by atoms with E-state index in [-0.39, 0.29) is 5.91 Å². The number of nitrogens with zero attached hydrogens (tertiary/aromatic N) is 1. The molecular formula is C15H16BrNO3S. The van der Waals surface area contributed by atoms with Gasteiger partial charge in [0.2, 0.25) is 0 Å². The second-order valence-electron chi connectivity index (χ2n) is 4.41. The fourth-order valence-electron chi connectivity index (χ4n) is 2.00. The van der Waals surface area contributed by atoms with Crippen LogP contribution in [0.15, 0.2) is 34.1 Å². The molecule has 0 unspecified atom stereocenters. The molecule has 0 bridgehead atoms. The predicted molar refractivity (Wildman–Crippen MR) is 87.4 cm³/mol. The highest BCUT2D eigenvalue weighted by molar-refractivity contribution is 9.11. The summed E-state index contributed by atoms with van der Waals surface area (Å²) in [6.07, 6.45) is 0. The Bertz CT molecular complexity index is 642. The average molecular weight is 370 g/mol. The Hall–Kier alpha value is -1.53. The Labute approximate surface area is 136 Å². The Morgan fingerprint density at radius 1 is 1.24 bits per heavy atom. The first kappa shape index (κ1) is 15.9. The van der Waals surface area contributed by atoms with Crippen molar-refractivity contribution >= 4 is 33.2 Å². The van der Waals surface area contributed by atoms with Gasteiger partial charge in [-0.05, 0) is 40.2 Å². The van der Waals surface area contributed by atoms with Crippen LogP contribution in [0.3, 0.4) is 0 Å². The molecule has 112 valence electrons. The summed E-state index contributed by atoms with van der Waals surface area (Å²) in [6, 6.07) is 9.27. The lowest BCUT2D eigenvalue weighted by atomic mass is 10.1. The van der Waals surface area contributed by atoms with Gasteiger partial charge in [-0.3, -0.25) is 4.79 Å². The van der Waals surface area contributed by atoms with Gasteiger partial charge in [0.25, 0.3) is 5.91 Å². The number of ether oxygens (including phenoxy) is 2. The quantitative estimate of drug-likeness (QED) is 0.804. The van der Waals surface area contributed by atoms with Gasteiger partial charge >= 0.3 is 0 Å². The van der Waals surface area contributed by atoms with E-state index < -0.39 is 0 Å². The van der Waals surface area contributed by atoms with Gasteiger partial charge in [-0.25, -0.2) is 0 Å². The van der Waals surface area contributed by atoms with Crippen LogP contribution in [0.2, 0.25) is 0 Å². The van der Waals surface area contributed by atoms with E-state index >= 15 is 0 Å². The lowest BCUT2D eigenvalue weighted by Gasteiger charge is -2.19. The van der Waals surface area contributed by atoms with Crippen LogP contribution in [0.5, 0.6) is 11.5 Å². The first-order valence-corrected chi connectivity index (χ1v) is 7.88. The molecule has 4 nitrogen and oxygen atoms in total. The molecule has 21 heavy (non-hydrogen) atoms. The van der Waals surface area contributed by atoms with Crippen molar-refractivity contribution in [1.29, 1.82) is 0 Å². The molecular weight excluding hydrogens is 354 g/mol. The molecule has 2 rings (SSSR count). The van der Waals surface area contributed by atoms with E-state index in [9.17, 15) is 4.79 Å². The Morgan fingerprint density at radius 2 is 2.00 bits per heavy atom. The largest absolute Gasteiger partial charge is 0.493 e. The SMILES string of the molecule is COc1cccc(C(=O)N(C)Cc2ccc(Br)s2)c1OC. The number of benzene rings is 1. The molecule has 1 aromatic heterocycles. The van der Waals surface area contributed by atoms with Gasteiger partial charge in [-0.15, -0.1) is 11.3 Å². The van der Waals surface area contributed by atoms with Crippen molar-refractivity contribution < 1.29 is 14.3 Å². The third-order valence-electron chi connectivity index (χ3n) is 3.00. The summed E-state index contributed by atoms with van der Waals surface area (Å²) in [7, 11) is 4.86. The van der Waals surface area contributed by atoms with Crippen molar-refractivity contribution in [2.75, 3.05) is 21.3 Å². The molecule has 0 atom stereocenters. The van der Waals surface area contributed by atoms with E-state index in [2.05, 4.69) is 15.9 Å². The average Bonchev–Trinajstić information content (AvgIpc) is 2.90. The third kappa shape index (κ3) is 3.57. The third-order valence-corrected chi connectivity index (χ3v) is 4.61. The molecule has 1 amide bonds. The minimum Gasteiger partial charge on any atom is -0.493 e. The summed E-state index contributed by atoms with van der Waals surface area (Å²) in [5.74, 6) is 0.912. The topological polar surface area (TPSA) is 38.8 Å². The van der Waals surface area contributed by atoms with Crippen LogP contribution in [0.4, 0.5) is 0 Å². The van der Waals surface area contributed by atoms with Crippen LogP contribution < -0.4 is 9.47 Å². The van der Waals surface area contributed by atoms with Crippen LogP contribution in [0.1, 0.15) is 15.2 Å². The number of hydrogen-bond donors (Lipinski definition) is 0. The molecule has 0 fully saturated rings. The Morgan fingerprint density at radius 3 is 2.57 bits per heavy atom. The Balaban J connectivity index is 2.23. The smallest absolute Gasteiger partial charge is 0.257 e. The zero-order chi connectivity index (χ0) is 15.4. The lowest BCUT2D eigenvalue weighted by Crippen LogP contribution is -2.26. The van der Waals surface area contributed by atoms with Crippen LogP contribution >= 0.6 is 27.3 Å². The number of amides is 1. The maximum Gasteiger partial charge on any atom is 0.257 e. The summed E-state index contributed by atoms with van der Waals surface area (Å²) in [5, 5.41) is 0. The molecule has 0 aliphatic carbocycles. The fraction of sp³-hybridized carbons (Fsp3) is 0.267. The zero-order valence-electron chi connectivity index (χ0n) is 12.1. The molecule has 0 aliphatic heterocycles. The number of para-hydroxylation sites is 1. The molecule has 0 saturated heterocycles. The number of carbonyl (C=O) groups excluding carboxylic acids is 1. The number of thiophene rings is 1. The summed E-state index contributed by atoms with van der Waals surface area (Å²) >= 11 is 5.04. The van der Waals surface area contributed by atoms with Crippen molar-refractivity contribution in [2.24, 2.45) is 0 Å². The van der Waals surface area contributed by atoms with Crippen LogP contribution in [0, 0.1) is 0 Å². The molecule has 6 heteroatoms.